The second kappa shape index (κ2) is 5.10. The molecule has 6 nitrogen and oxygen atoms in total. The van der Waals surface area contributed by atoms with Crippen LogP contribution in [0.15, 0.2) is 4.79 Å². The molecule has 0 aliphatic heterocycles. The molecule has 0 aromatic carbocycles. The van der Waals surface area contributed by atoms with Crippen LogP contribution in [0.1, 0.15) is 35.4 Å². The molecule has 8 heteroatoms. The summed E-state index contributed by atoms with van der Waals surface area (Å²) in [5.41, 5.74) is 1.11. The SMILES string of the molecule is Cc1nnc(C)n1-n1c(=S)[nH]c2sc3c(c2c1=O)CC[C@H](C)C3. The molecule has 120 valence electrons. The number of thiophene rings is 1. The molecule has 0 unspecified atom stereocenters. The molecule has 0 amide bonds. The van der Waals surface area contributed by atoms with Crippen molar-refractivity contribution in [1.29, 1.82) is 0 Å². The van der Waals surface area contributed by atoms with Crippen LogP contribution in [0.2, 0.25) is 0 Å². The Morgan fingerprint density at radius 3 is 2.65 bits per heavy atom. The summed E-state index contributed by atoms with van der Waals surface area (Å²) in [4.78, 5) is 18.6. The van der Waals surface area contributed by atoms with Gasteiger partial charge in [0, 0.05) is 4.88 Å². The van der Waals surface area contributed by atoms with Crippen LogP contribution in [0.25, 0.3) is 10.2 Å². The largest absolute Gasteiger partial charge is 0.322 e. The lowest BCUT2D eigenvalue weighted by Gasteiger charge is -2.17. The molecular weight excluding hydrogens is 330 g/mol. The van der Waals surface area contributed by atoms with Gasteiger partial charge >= 0.3 is 0 Å². The van der Waals surface area contributed by atoms with Crippen LogP contribution >= 0.6 is 23.6 Å². The fourth-order valence-corrected chi connectivity index (χ4v) is 5.08. The lowest BCUT2D eigenvalue weighted by molar-refractivity contribution is 0.508. The van der Waals surface area contributed by atoms with E-state index in [4.69, 9.17) is 12.2 Å². The van der Waals surface area contributed by atoms with E-state index in [0.29, 0.717) is 22.3 Å². The average molecular weight is 347 g/mol. The number of fused-ring (bicyclic) bond motifs is 3. The van der Waals surface area contributed by atoms with Crippen molar-refractivity contribution < 1.29 is 0 Å². The Morgan fingerprint density at radius 2 is 1.96 bits per heavy atom. The Labute approximate surface area is 141 Å². The lowest BCUT2D eigenvalue weighted by Crippen LogP contribution is -2.30. The molecule has 3 aromatic rings. The van der Waals surface area contributed by atoms with Crippen LogP contribution in [0.3, 0.4) is 0 Å². The van der Waals surface area contributed by atoms with Gasteiger partial charge in [-0.15, -0.1) is 21.5 Å². The van der Waals surface area contributed by atoms with Crippen LogP contribution in [0.4, 0.5) is 0 Å². The number of nitrogens with one attached hydrogen (secondary N) is 1. The molecule has 1 aliphatic rings. The third-order valence-electron chi connectivity index (χ3n) is 4.48. The number of nitrogens with zero attached hydrogens (tertiary/aromatic N) is 4. The molecule has 0 saturated carbocycles. The van der Waals surface area contributed by atoms with Crippen LogP contribution in [0, 0.1) is 24.5 Å². The molecule has 23 heavy (non-hydrogen) atoms. The van der Waals surface area contributed by atoms with Gasteiger partial charge in [0.05, 0.1) is 5.39 Å². The van der Waals surface area contributed by atoms with Gasteiger partial charge in [0.15, 0.2) is 0 Å². The zero-order valence-electron chi connectivity index (χ0n) is 13.2. The second-order valence-corrected chi connectivity index (χ2v) is 7.70. The van der Waals surface area contributed by atoms with E-state index in [2.05, 4.69) is 22.1 Å². The fraction of sp³-hybridized carbons (Fsp3) is 0.467. The zero-order valence-corrected chi connectivity index (χ0v) is 14.8. The standard InChI is InChI=1S/C15H17N5OS2/c1-7-4-5-10-11(6-7)23-13-12(10)14(21)20(15(22)16-13)19-8(2)17-18-9(19)3/h7H,4-6H2,1-3H3,(H,16,22)/t7-/m0/s1. The van der Waals surface area contributed by atoms with E-state index >= 15 is 0 Å². The van der Waals surface area contributed by atoms with E-state index in [1.165, 1.54) is 15.1 Å². The Bertz CT molecular complexity index is 1020. The first-order valence-corrected chi connectivity index (χ1v) is 8.88. The minimum absolute atomic E-state index is 0.0817. The lowest BCUT2D eigenvalue weighted by atomic mass is 9.89. The molecule has 1 N–H and O–H groups in total. The Morgan fingerprint density at radius 1 is 1.26 bits per heavy atom. The first-order valence-electron chi connectivity index (χ1n) is 7.66. The molecule has 1 atom stereocenters. The summed E-state index contributed by atoms with van der Waals surface area (Å²) in [7, 11) is 0. The number of aromatic amines is 1. The van der Waals surface area contributed by atoms with Crippen molar-refractivity contribution in [2.45, 2.75) is 40.0 Å². The predicted molar refractivity (Wildman–Crippen MR) is 92.8 cm³/mol. The van der Waals surface area contributed by atoms with Crippen LogP contribution in [-0.4, -0.2) is 24.5 Å². The number of aromatic nitrogens is 5. The van der Waals surface area contributed by atoms with E-state index in [1.54, 1.807) is 16.0 Å². The van der Waals surface area contributed by atoms with Gasteiger partial charge in [-0.25, -0.2) is 4.68 Å². The van der Waals surface area contributed by atoms with Crippen molar-refractivity contribution in [3.63, 3.8) is 0 Å². The highest BCUT2D eigenvalue weighted by Crippen LogP contribution is 2.35. The maximum atomic E-state index is 13.2. The van der Waals surface area contributed by atoms with Gasteiger partial charge in [0.2, 0.25) is 4.77 Å². The third kappa shape index (κ3) is 2.12. The zero-order chi connectivity index (χ0) is 16.3. The Balaban J connectivity index is 2.09. The maximum Gasteiger partial charge on any atom is 0.282 e. The molecule has 3 aromatic heterocycles. The first kappa shape index (κ1) is 14.8. The number of rotatable bonds is 1. The molecule has 0 bridgehead atoms. The summed E-state index contributed by atoms with van der Waals surface area (Å²) in [6.45, 7) is 5.89. The van der Waals surface area contributed by atoms with E-state index in [-0.39, 0.29) is 5.56 Å². The molecule has 4 rings (SSSR count). The van der Waals surface area contributed by atoms with Gasteiger partial charge in [-0.1, -0.05) is 6.92 Å². The third-order valence-corrected chi connectivity index (χ3v) is 5.93. The molecule has 0 saturated heterocycles. The monoisotopic (exact) mass is 347 g/mol. The quantitative estimate of drug-likeness (QED) is 0.687. The normalized spacial score (nSPS) is 17.6. The van der Waals surface area contributed by atoms with E-state index in [1.807, 2.05) is 13.8 Å². The van der Waals surface area contributed by atoms with Crippen molar-refractivity contribution in [1.82, 2.24) is 24.5 Å². The number of H-pyrrole nitrogens is 1. The van der Waals surface area contributed by atoms with Gasteiger partial charge in [-0.2, -0.15) is 4.68 Å². The van der Waals surface area contributed by atoms with Crippen LogP contribution in [0.5, 0.6) is 0 Å². The van der Waals surface area contributed by atoms with Crippen molar-refractivity contribution in [3.8, 4) is 0 Å². The van der Waals surface area contributed by atoms with E-state index in [0.717, 1.165) is 29.5 Å². The summed E-state index contributed by atoms with van der Waals surface area (Å²) < 4.78 is 3.53. The smallest absolute Gasteiger partial charge is 0.282 e. The second-order valence-electron chi connectivity index (χ2n) is 6.21. The summed E-state index contributed by atoms with van der Waals surface area (Å²) in [5.74, 6) is 1.95. The molecule has 3 heterocycles. The van der Waals surface area contributed by atoms with Gasteiger partial charge in [-0.05, 0) is 56.8 Å². The fourth-order valence-electron chi connectivity index (χ4n) is 3.35. The first-order chi connectivity index (χ1) is 11.0. The maximum absolute atomic E-state index is 13.2. The Kier molecular flexibility index (Phi) is 3.28. The van der Waals surface area contributed by atoms with E-state index < -0.39 is 0 Å². The summed E-state index contributed by atoms with van der Waals surface area (Å²) in [6, 6.07) is 0. The van der Waals surface area contributed by atoms with Crippen LogP contribution < -0.4 is 5.56 Å². The minimum Gasteiger partial charge on any atom is -0.322 e. The number of hydrogen-bond donors (Lipinski definition) is 1. The number of hydrogen-bond acceptors (Lipinski definition) is 5. The van der Waals surface area contributed by atoms with Gasteiger partial charge < -0.3 is 4.98 Å². The van der Waals surface area contributed by atoms with Crippen molar-refractivity contribution in [2.24, 2.45) is 5.92 Å². The Hall–Kier alpha value is -1.80. The van der Waals surface area contributed by atoms with Gasteiger partial charge in [-0.3, -0.25) is 4.79 Å². The van der Waals surface area contributed by atoms with Crippen molar-refractivity contribution >= 4 is 33.8 Å². The van der Waals surface area contributed by atoms with Gasteiger partial charge in [0.25, 0.3) is 5.56 Å². The average Bonchev–Trinajstić information content (AvgIpc) is 3.00. The molecule has 0 fully saturated rings. The highest BCUT2D eigenvalue weighted by Gasteiger charge is 2.24. The molecule has 0 spiro atoms. The molecule has 0 radical (unpaired) electrons. The summed E-state index contributed by atoms with van der Waals surface area (Å²) in [6.07, 6.45) is 3.12. The highest BCUT2D eigenvalue weighted by molar-refractivity contribution is 7.71. The number of aryl methyl sites for hydroxylation is 3. The van der Waals surface area contributed by atoms with Crippen molar-refractivity contribution in [3.05, 3.63) is 37.2 Å². The van der Waals surface area contributed by atoms with Crippen molar-refractivity contribution in [2.75, 3.05) is 0 Å². The summed E-state index contributed by atoms with van der Waals surface area (Å²) in [5, 5.41) is 8.85. The summed E-state index contributed by atoms with van der Waals surface area (Å²) >= 11 is 7.11. The predicted octanol–water partition coefficient (Wildman–Crippen LogP) is 2.77. The molecular formula is C15H17N5OS2. The van der Waals surface area contributed by atoms with E-state index in [9.17, 15) is 4.79 Å². The van der Waals surface area contributed by atoms with Gasteiger partial charge in [0.1, 0.15) is 16.5 Å². The topological polar surface area (TPSA) is 68.5 Å². The van der Waals surface area contributed by atoms with Crippen LogP contribution in [-0.2, 0) is 12.8 Å². The molecule has 1 aliphatic carbocycles. The highest BCUT2D eigenvalue weighted by atomic mass is 32.1. The minimum atomic E-state index is -0.0817.